The molecular weight excluding hydrogens is 774 g/mol. The molecule has 18 heteroatoms. The van der Waals surface area contributed by atoms with E-state index in [0.29, 0.717) is 15.7 Å². The molecule has 2 saturated heterocycles. The van der Waals surface area contributed by atoms with E-state index in [-0.39, 0.29) is 34.1 Å². The summed E-state index contributed by atoms with van der Waals surface area (Å²) in [7, 11) is -0.814. The average molecular weight is 814 g/mol. The molecule has 0 spiro atoms. The van der Waals surface area contributed by atoms with E-state index in [0.717, 1.165) is 25.1 Å². The predicted octanol–water partition coefficient (Wildman–Crippen LogP) is 8.17. The van der Waals surface area contributed by atoms with Gasteiger partial charge in [-0.3, -0.25) is 9.69 Å². The SMILES string of the molecule is [CH2][C@@H](c1ccc(Cl)c(-c2ncnn2C(F)F)c1)N1C(=O)[C@@](CC(C)(C)C(F)(F)F)(c2ccc(B3OC(C)(C)C(C)(C)O3)cc2)N/C1=N/C(=O)OCc1ccccc1. The molecule has 0 aliphatic carbocycles. The Kier molecular flexibility index (Phi) is 11.1. The van der Waals surface area contributed by atoms with E-state index in [1.807, 2.05) is 27.7 Å². The number of guanidine groups is 1. The van der Waals surface area contributed by atoms with Crippen molar-refractivity contribution in [1.82, 2.24) is 25.0 Å². The van der Waals surface area contributed by atoms with E-state index in [9.17, 15) is 26.7 Å². The van der Waals surface area contributed by atoms with Crippen LogP contribution in [0.1, 0.15) is 77.2 Å². The fourth-order valence-corrected chi connectivity index (χ4v) is 6.76. The van der Waals surface area contributed by atoms with Crippen molar-refractivity contribution in [3.8, 4) is 11.4 Å². The molecule has 2 aliphatic rings. The number of amides is 2. The second-order valence-corrected chi connectivity index (χ2v) is 15.9. The van der Waals surface area contributed by atoms with Gasteiger partial charge in [0.2, 0.25) is 5.96 Å². The number of hydrogen-bond acceptors (Lipinski definition) is 7. The van der Waals surface area contributed by atoms with Crippen molar-refractivity contribution in [1.29, 1.82) is 0 Å². The number of nitrogens with one attached hydrogen (secondary N) is 1. The molecule has 3 aromatic carbocycles. The zero-order valence-corrected chi connectivity index (χ0v) is 32.7. The Balaban J connectivity index is 1.46. The molecule has 2 aliphatic heterocycles. The van der Waals surface area contributed by atoms with Gasteiger partial charge in [-0.1, -0.05) is 86.1 Å². The highest BCUT2D eigenvalue weighted by atomic mass is 35.5. The summed E-state index contributed by atoms with van der Waals surface area (Å²) in [5.41, 5.74) is -4.58. The summed E-state index contributed by atoms with van der Waals surface area (Å²) < 4.78 is 89.9. The molecule has 4 aromatic rings. The lowest BCUT2D eigenvalue weighted by atomic mass is 9.72. The molecule has 1 aromatic heterocycles. The van der Waals surface area contributed by atoms with Crippen LogP contribution in [0, 0.1) is 12.3 Å². The fourth-order valence-electron chi connectivity index (χ4n) is 6.56. The summed E-state index contributed by atoms with van der Waals surface area (Å²) >= 11 is 6.42. The van der Waals surface area contributed by atoms with Crippen molar-refractivity contribution >= 4 is 42.1 Å². The van der Waals surface area contributed by atoms with Gasteiger partial charge in [-0.05, 0) is 75.3 Å². The monoisotopic (exact) mass is 813 g/mol. The number of aliphatic imine (C=N–C) groups is 1. The highest BCUT2D eigenvalue weighted by molar-refractivity contribution is 6.62. The summed E-state index contributed by atoms with van der Waals surface area (Å²) in [6, 6.07) is 17.7. The first-order valence-corrected chi connectivity index (χ1v) is 18.2. The van der Waals surface area contributed by atoms with Crippen LogP contribution in [0.3, 0.4) is 0 Å². The molecule has 1 radical (unpaired) electrons. The topological polar surface area (TPSA) is 120 Å². The zero-order valence-electron chi connectivity index (χ0n) is 31.9. The van der Waals surface area contributed by atoms with Gasteiger partial charge in [0, 0.05) is 5.56 Å². The second kappa shape index (κ2) is 15.1. The molecular formula is C39H40BClF5N6O5. The minimum absolute atomic E-state index is 0.00347. The number of nitrogens with zero attached hydrogens (tertiary/aromatic N) is 5. The summed E-state index contributed by atoms with van der Waals surface area (Å²) in [4.78, 5) is 37.3. The van der Waals surface area contributed by atoms with Crippen LogP contribution in [0.15, 0.2) is 84.1 Å². The number of rotatable bonds is 10. The molecule has 0 unspecified atom stereocenters. The van der Waals surface area contributed by atoms with Crippen LogP contribution in [-0.2, 0) is 31.0 Å². The van der Waals surface area contributed by atoms with E-state index < -0.39 is 72.4 Å². The summed E-state index contributed by atoms with van der Waals surface area (Å²) in [5.74, 6) is -1.69. The van der Waals surface area contributed by atoms with Gasteiger partial charge in [0.05, 0.1) is 27.7 Å². The van der Waals surface area contributed by atoms with Gasteiger partial charge in [-0.25, -0.2) is 9.78 Å². The molecule has 0 saturated carbocycles. The zero-order chi connectivity index (χ0) is 41.7. The lowest BCUT2D eigenvalue weighted by Crippen LogP contribution is -2.50. The van der Waals surface area contributed by atoms with E-state index in [2.05, 4.69) is 27.3 Å². The highest BCUT2D eigenvalue weighted by Crippen LogP contribution is 2.49. The number of carbonyl (C=O) groups excluding carboxylic acids is 2. The van der Waals surface area contributed by atoms with E-state index in [1.54, 1.807) is 42.5 Å². The molecule has 1 N–H and O–H groups in total. The van der Waals surface area contributed by atoms with Crippen LogP contribution in [0.25, 0.3) is 11.4 Å². The van der Waals surface area contributed by atoms with Crippen LogP contribution in [0.5, 0.6) is 0 Å². The minimum atomic E-state index is -4.79. The molecule has 2 atom stereocenters. The van der Waals surface area contributed by atoms with Gasteiger partial charge < -0.3 is 19.4 Å². The Hall–Kier alpha value is -4.87. The lowest BCUT2D eigenvalue weighted by molar-refractivity contribution is -0.218. The molecule has 2 fully saturated rings. The first-order valence-electron chi connectivity index (χ1n) is 17.8. The normalized spacial score (nSPS) is 20.7. The van der Waals surface area contributed by atoms with Crippen LogP contribution < -0.4 is 10.8 Å². The van der Waals surface area contributed by atoms with Crippen LogP contribution in [0.4, 0.5) is 26.7 Å². The van der Waals surface area contributed by atoms with Crippen LogP contribution in [0.2, 0.25) is 5.02 Å². The maximum atomic E-state index is 15.1. The van der Waals surface area contributed by atoms with E-state index in [1.165, 1.54) is 30.3 Å². The van der Waals surface area contributed by atoms with Gasteiger partial charge in [0.1, 0.15) is 18.5 Å². The predicted molar refractivity (Wildman–Crippen MR) is 202 cm³/mol. The molecule has 301 valence electrons. The Bertz CT molecular complexity index is 2150. The number of halogens is 6. The first kappa shape index (κ1) is 41.8. The molecule has 11 nitrogen and oxygen atoms in total. The van der Waals surface area contributed by atoms with E-state index in [4.69, 9.17) is 25.6 Å². The average Bonchev–Trinajstić information content (AvgIpc) is 3.79. The summed E-state index contributed by atoms with van der Waals surface area (Å²) in [6.45, 7) is 10.3. The number of ether oxygens (including phenoxy) is 1. The number of alkyl halides is 5. The maximum Gasteiger partial charge on any atom is 0.494 e. The summed E-state index contributed by atoms with van der Waals surface area (Å²) in [5, 5.41) is 6.46. The third-order valence-electron chi connectivity index (χ3n) is 10.6. The number of aromatic nitrogens is 3. The first-order chi connectivity index (χ1) is 26.6. The molecule has 0 bridgehead atoms. The molecule has 2 amide bonds. The highest BCUT2D eigenvalue weighted by Gasteiger charge is 2.60. The lowest BCUT2D eigenvalue weighted by Gasteiger charge is -2.37. The van der Waals surface area contributed by atoms with Crippen molar-refractivity contribution in [3.63, 3.8) is 0 Å². The molecule has 3 heterocycles. The van der Waals surface area contributed by atoms with Gasteiger partial charge >= 0.3 is 25.9 Å². The largest absolute Gasteiger partial charge is 0.494 e. The Morgan fingerprint density at radius 1 is 1.02 bits per heavy atom. The Morgan fingerprint density at radius 3 is 2.25 bits per heavy atom. The second-order valence-electron chi connectivity index (χ2n) is 15.5. The maximum absolute atomic E-state index is 15.1. The standard InChI is InChI=1S/C39H40BClF5N6O5/c1-23(25-13-18-29(41)28(19-25)30-47-22-48-52(30)32(42)43)51-31(53)38(21-35(2,3)39(44,45)46,50-33(51)49-34(54)55-20-24-11-9-8-10-12-24)26-14-16-27(17-15-26)40-56-36(4,5)37(6,7)57-40/h8-19,22-23,32H,1,20-21H2,2-7H3,(H,49,50,54)/t23-,38+/m0/s1. The summed E-state index contributed by atoms with van der Waals surface area (Å²) in [6.07, 6.45) is -5.89. The van der Waals surface area contributed by atoms with E-state index >= 15 is 4.79 Å². The third kappa shape index (κ3) is 8.01. The van der Waals surface area contributed by atoms with Gasteiger partial charge in [-0.15, -0.1) is 4.99 Å². The minimum Gasteiger partial charge on any atom is -0.443 e. The van der Waals surface area contributed by atoms with Crippen LogP contribution >= 0.6 is 11.6 Å². The molecule has 57 heavy (non-hydrogen) atoms. The van der Waals surface area contributed by atoms with Gasteiger partial charge in [0.15, 0.2) is 5.82 Å². The van der Waals surface area contributed by atoms with Crippen molar-refractivity contribution in [2.24, 2.45) is 10.4 Å². The van der Waals surface area contributed by atoms with Crippen molar-refractivity contribution < 1.29 is 45.6 Å². The van der Waals surface area contributed by atoms with Crippen molar-refractivity contribution in [3.05, 3.63) is 108 Å². The van der Waals surface area contributed by atoms with Crippen molar-refractivity contribution in [2.45, 2.75) is 90.1 Å². The number of carbonyl (C=O) groups is 2. The fraction of sp³-hybridized carbons (Fsp3) is 0.385. The smallest absolute Gasteiger partial charge is 0.443 e. The Labute approximate surface area is 331 Å². The van der Waals surface area contributed by atoms with Gasteiger partial charge in [0.25, 0.3) is 5.91 Å². The van der Waals surface area contributed by atoms with Crippen LogP contribution in [-0.4, -0.2) is 62.1 Å². The Morgan fingerprint density at radius 2 is 1.65 bits per heavy atom. The van der Waals surface area contributed by atoms with Gasteiger partial charge in [-0.2, -0.15) is 31.7 Å². The van der Waals surface area contributed by atoms with Crippen molar-refractivity contribution in [2.75, 3.05) is 0 Å². The molecule has 6 rings (SSSR count). The number of benzene rings is 3. The quantitative estimate of drug-likeness (QED) is 0.126. The number of hydrogen-bond donors (Lipinski definition) is 1. The third-order valence-corrected chi connectivity index (χ3v) is 11.0.